The number of pyridine rings is 1. The predicted octanol–water partition coefficient (Wildman–Crippen LogP) is 1.65. The molecule has 0 unspecified atom stereocenters. The first kappa shape index (κ1) is 13.9. The van der Waals surface area contributed by atoms with Gasteiger partial charge in [-0.05, 0) is 42.4 Å². The number of nitrogens with zero attached hydrogens (tertiary/aromatic N) is 1. The van der Waals surface area contributed by atoms with Gasteiger partial charge in [0.1, 0.15) is 5.69 Å². The van der Waals surface area contributed by atoms with Crippen molar-refractivity contribution in [2.45, 2.75) is 12.8 Å². The van der Waals surface area contributed by atoms with Crippen LogP contribution in [0.1, 0.15) is 33.7 Å². The van der Waals surface area contributed by atoms with Gasteiger partial charge in [-0.1, -0.05) is 0 Å². The maximum Gasteiger partial charge on any atom is 0.354 e. The Hall–Kier alpha value is -1.56. The van der Waals surface area contributed by atoms with Crippen LogP contribution in [0.15, 0.2) is 18.3 Å². The van der Waals surface area contributed by atoms with E-state index in [1.807, 2.05) is 11.8 Å². The first-order chi connectivity index (χ1) is 9.16. The molecule has 0 spiro atoms. The van der Waals surface area contributed by atoms with Gasteiger partial charge in [0.25, 0.3) is 5.91 Å². The minimum atomic E-state index is -1.13. The summed E-state index contributed by atoms with van der Waals surface area (Å²) >= 11 is 1.95. The van der Waals surface area contributed by atoms with Crippen LogP contribution in [0.5, 0.6) is 0 Å². The molecule has 0 radical (unpaired) electrons. The number of carboxylic acids is 1. The van der Waals surface area contributed by atoms with Crippen LogP contribution >= 0.6 is 11.8 Å². The molecule has 0 aliphatic carbocycles. The Balaban J connectivity index is 1.92. The molecule has 5 nitrogen and oxygen atoms in total. The maximum absolute atomic E-state index is 11.9. The Morgan fingerprint density at radius 1 is 1.42 bits per heavy atom. The number of amides is 1. The van der Waals surface area contributed by atoms with Crippen LogP contribution in [0.3, 0.4) is 0 Å². The Morgan fingerprint density at radius 3 is 2.84 bits per heavy atom. The largest absolute Gasteiger partial charge is 0.477 e. The lowest BCUT2D eigenvalue weighted by atomic mass is 10.0. The zero-order valence-electron chi connectivity index (χ0n) is 10.5. The van der Waals surface area contributed by atoms with E-state index in [1.165, 1.54) is 18.3 Å². The number of carbonyl (C=O) groups excluding carboxylic acids is 1. The van der Waals surface area contributed by atoms with Crippen molar-refractivity contribution >= 4 is 23.6 Å². The second-order valence-electron chi connectivity index (χ2n) is 4.50. The van der Waals surface area contributed by atoms with E-state index in [1.54, 1.807) is 0 Å². The van der Waals surface area contributed by atoms with E-state index in [0.29, 0.717) is 18.0 Å². The fraction of sp³-hybridized carbons (Fsp3) is 0.462. The van der Waals surface area contributed by atoms with Gasteiger partial charge in [0.2, 0.25) is 0 Å². The van der Waals surface area contributed by atoms with Crippen LogP contribution in [0.4, 0.5) is 0 Å². The monoisotopic (exact) mass is 280 g/mol. The first-order valence-corrected chi connectivity index (χ1v) is 7.37. The average Bonchev–Trinajstić information content (AvgIpc) is 2.46. The van der Waals surface area contributed by atoms with E-state index >= 15 is 0 Å². The Labute approximate surface area is 115 Å². The molecular formula is C13H16N2O3S. The number of rotatable bonds is 4. The van der Waals surface area contributed by atoms with Crippen molar-refractivity contribution in [1.29, 1.82) is 0 Å². The Morgan fingerprint density at radius 2 is 2.16 bits per heavy atom. The fourth-order valence-electron chi connectivity index (χ4n) is 1.98. The van der Waals surface area contributed by atoms with Crippen LogP contribution in [0.2, 0.25) is 0 Å². The molecule has 1 aromatic heterocycles. The lowest BCUT2D eigenvalue weighted by Crippen LogP contribution is -2.31. The summed E-state index contributed by atoms with van der Waals surface area (Å²) in [7, 11) is 0. The van der Waals surface area contributed by atoms with Crippen molar-refractivity contribution in [2.75, 3.05) is 18.1 Å². The number of thioether (sulfide) groups is 1. The molecule has 2 heterocycles. The lowest BCUT2D eigenvalue weighted by Gasteiger charge is -2.21. The van der Waals surface area contributed by atoms with Crippen LogP contribution in [0.25, 0.3) is 0 Å². The lowest BCUT2D eigenvalue weighted by molar-refractivity contribution is 0.0690. The molecule has 0 saturated carbocycles. The van der Waals surface area contributed by atoms with Crippen molar-refractivity contribution < 1.29 is 14.7 Å². The Kier molecular flexibility index (Phi) is 4.79. The highest BCUT2D eigenvalue weighted by Crippen LogP contribution is 2.21. The minimum absolute atomic E-state index is 0.110. The summed E-state index contributed by atoms with van der Waals surface area (Å²) < 4.78 is 0. The van der Waals surface area contributed by atoms with Crippen LogP contribution in [0, 0.1) is 5.92 Å². The van der Waals surface area contributed by atoms with Crippen molar-refractivity contribution in [1.82, 2.24) is 10.3 Å². The van der Waals surface area contributed by atoms with Gasteiger partial charge in [0.15, 0.2) is 0 Å². The molecule has 0 atom stereocenters. The average molecular weight is 280 g/mol. The number of aromatic nitrogens is 1. The summed E-state index contributed by atoms with van der Waals surface area (Å²) in [6.45, 7) is 0.657. The van der Waals surface area contributed by atoms with Crippen molar-refractivity contribution in [3.05, 3.63) is 29.6 Å². The number of hydrogen-bond donors (Lipinski definition) is 2. The Bertz CT molecular complexity index is 473. The van der Waals surface area contributed by atoms with E-state index in [9.17, 15) is 9.59 Å². The van der Waals surface area contributed by atoms with Crippen LogP contribution in [-0.4, -0.2) is 40.0 Å². The second kappa shape index (κ2) is 6.56. The summed E-state index contributed by atoms with van der Waals surface area (Å²) in [5, 5.41) is 11.7. The van der Waals surface area contributed by atoms with Gasteiger partial charge >= 0.3 is 5.97 Å². The standard InChI is InChI=1S/C13H16N2O3S/c16-12(15-8-9-2-5-19-6-3-9)10-1-4-14-11(7-10)13(17)18/h1,4,7,9H,2-3,5-6,8H2,(H,15,16)(H,17,18). The van der Waals surface area contributed by atoms with Gasteiger partial charge in [0, 0.05) is 18.3 Å². The van der Waals surface area contributed by atoms with E-state index in [0.717, 1.165) is 24.3 Å². The summed E-state index contributed by atoms with van der Waals surface area (Å²) in [6, 6.07) is 2.83. The van der Waals surface area contributed by atoms with Gasteiger partial charge < -0.3 is 10.4 Å². The highest BCUT2D eigenvalue weighted by molar-refractivity contribution is 7.99. The number of aromatic carboxylic acids is 1. The molecule has 102 valence electrons. The van der Waals surface area contributed by atoms with Crippen molar-refractivity contribution in [2.24, 2.45) is 5.92 Å². The fourth-order valence-corrected chi connectivity index (χ4v) is 3.18. The number of nitrogens with one attached hydrogen (secondary N) is 1. The second-order valence-corrected chi connectivity index (χ2v) is 5.73. The molecule has 1 amide bonds. The van der Waals surface area contributed by atoms with Gasteiger partial charge in [-0.3, -0.25) is 4.79 Å². The molecule has 0 bridgehead atoms. The topological polar surface area (TPSA) is 79.3 Å². The minimum Gasteiger partial charge on any atom is -0.477 e. The normalized spacial score (nSPS) is 16.0. The van der Waals surface area contributed by atoms with Crippen LogP contribution in [-0.2, 0) is 0 Å². The molecule has 2 rings (SSSR count). The van der Waals surface area contributed by atoms with Gasteiger partial charge in [-0.25, -0.2) is 9.78 Å². The van der Waals surface area contributed by atoms with Gasteiger partial charge in [-0.2, -0.15) is 11.8 Å². The van der Waals surface area contributed by atoms with E-state index in [-0.39, 0.29) is 11.6 Å². The number of hydrogen-bond acceptors (Lipinski definition) is 4. The van der Waals surface area contributed by atoms with E-state index < -0.39 is 5.97 Å². The zero-order chi connectivity index (χ0) is 13.7. The SMILES string of the molecule is O=C(NCC1CCSCC1)c1ccnc(C(=O)O)c1. The third kappa shape index (κ3) is 3.96. The smallest absolute Gasteiger partial charge is 0.354 e. The maximum atomic E-state index is 11.9. The zero-order valence-corrected chi connectivity index (χ0v) is 11.3. The first-order valence-electron chi connectivity index (χ1n) is 6.22. The molecule has 1 fully saturated rings. The third-order valence-corrected chi connectivity index (χ3v) is 4.18. The quantitative estimate of drug-likeness (QED) is 0.876. The van der Waals surface area contributed by atoms with Gasteiger partial charge in [0.05, 0.1) is 0 Å². The highest BCUT2D eigenvalue weighted by atomic mass is 32.2. The molecule has 2 N–H and O–H groups in total. The molecule has 1 aliphatic heterocycles. The number of carboxylic acid groups (broad SMARTS) is 1. The summed E-state index contributed by atoms with van der Waals surface area (Å²) in [4.78, 5) is 26.4. The highest BCUT2D eigenvalue weighted by Gasteiger charge is 2.16. The number of carbonyl (C=O) groups is 2. The molecule has 1 saturated heterocycles. The predicted molar refractivity (Wildman–Crippen MR) is 73.6 cm³/mol. The molecule has 1 aromatic rings. The van der Waals surface area contributed by atoms with E-state index in [2.05, 4.69) is 10.3 Å². The van der Waals surface area contributed by atoms with E-state index in [4.69, 9.17) is 5.11 Å². The summed E-state index contributed by atoms with van der Waals surface area (Å²) in [5.41, 5.74) is 0.235. The third-order valence-electron chi connectivity index (χ3n) is 3.13. The summed E-state index contributed by atoms with van der Waals surface area (Å²) in [5.74, 6) is 1.48. The summed E-state index contributed by atoms with van der Waals surface area (Å²) in [6.07, 6.45) is 3.60. The van der Waals surface area contributed by atoms with Gasteiger partial charge in [-0.15, -0.1) is 0 Å². The molecular weight excluding hydrogens is 264 g/mol. The van der Waals surface area contributed by atoms with Crippen molar-refractivity contribution in [3.63, 3.8) is 0 Å². The molecule has 0 aromatic carbocycles. The van der Waals surface area contributed by atoms with Crippen molar-refractivity contribution in [3.8, 4) is 0 Å². The molecule has 19 heavy (non-hydrogen) atoms. The molecule has 1 aliphatic rings. The molecule has 6 heteroatoms. The van der Waals surface area contributed by atoms with Crippen LogP contribution < -0.4 is 5.32 Å².